The van der Waals surface area contributed by atoms with Gasteiger partial charge in [0.15, 0.2) is 0 Å². The van der Waals surface area contributed by atoms with Crippen molar-refractivity contribution >= 4 is 41.9 Å². The first-order valence-electron chi connectivity index (χ1n) is 6.23. The molecule has 0 aliphatic rings. The fraction of sp³-hybridized carbons (Fsp3) is 0.308. The second kappa shape index (κ2) is 6.60. The van der Waals surface area contributed by atoms with E-state index in [1.165, 1.54) is 0 Å². The Morgan fingerprint density at radius 3 is 2.62 bits per heavy atom. The van der Waals surface area contributed by atoms with Crippen LogP contribution < -0.4 is 4.72 Å². The third kappa shape index (κ3) is 3.94. The molecule has 8 heteroatoms. The first kappa shape index (κ1) is 16.7. The third-order valence-electron chi connectivity index (χ3n) is 3.10. The zero-order chi connectivity index (χ0) is 15.6. The Balaban J connectivity index is 2.12. The molecule has 0 radical (unpaired) electrons. The van der Waals surface area contributed by atoms with Gasteiger partial charge in [-0.3, -0.25) is 4.68 Å². The van der Waals surface area contributed by atoms with Gasteiger partial charge in [0.2, 0.25) is 10.0 Å². The maximum atomic E-state index is 12.3. The number of nitrogens with zero attached hydrogens (tertiary/aromatic N) is 2. The number of aryl methyl sites for hydroxylation is 2. The normalized spacial score (nSPS) is 11.8. The fourth-order valence-electron chi connectivity index (χ4n) is 1.87. The molecule has 2 aromatic rings. The molecule has 5 nitrogen and oxygen atoms in total. The van der Waals surface area contributed by atoms with Gasteiger partial charge in [-0.2, -0.15) is 5.10 Å². The number of benzene rings is 1. The number of hydrogen-bond donors (Lipinski definition) is 1. The van der Waals surface area contributed by atoms with Crippen LogP contribution in [0.25, 0.3) is 0 Å². The Labute approximate surface area is 141 Å². The molecule has 1 heterocycles. The van der Waals surface area contributed by atoms with Crippen LogP contribution in [0.4, 0.5) is 0 Å². The summed E-state index contributed by atoms with van der Waals surface area (Å²) >= 11 is 6.66. The number of hydrogen-bond acceptors (Lipinski definition) is 3. The Kier molecular flexibility index (Phi) is 5.24. The number of sulfonamides is 1. The van der Waals surface area contributed by atoms with E-state index in [0.29, 0.717) is 17.4 Å². The van der Waals surface area contributed by atoms with Crippen LogP contribution in [-0.2, 0) is 23.5 Å². The molecule has 0 unspecified atom stereocenters. The summed E-state index contributed by atoms with van der Waals surface area (Å²) in [6.07, 6.45) is 2.28. The molecule has 0 fully saturated rings. The second-order valence-corrected chi connectivity index (χ2v) is 8.07. The molecule has 1 N–H and O–H groups in total. The smallest absolute Gasteiger partial charge is 0.241 e. The van der Waals surface area contributed by atoms with Crippen molar-refractivity contribution in [3.05, 3.63) is 44.6 Å². The average Bonchev–Trinajstić information content (AvgIpc) is 2.79. The molecule has 21 heavy (non-hydrogen) atoms. The van der Waals surface area contributed by atoms with E-state index in [1.807, 2.05) is 20.0 Å². The van der Waals surface area contributed by atoms with Crippen molar-refractivity contribution in [2.75, 3.05) is 6.54 Å². The van der Waals surface area contributed by atoms with Crippen LogP contribution in [-0.4, -0.2) is 24.7 Å². The summed E-state index contributed by atoms with van der Waals surface area (Å²) in [4.78, 5) is 0.227. The SMILES string of the molecule is Cc1cc(Br)c(S(=O)(=O)NCCc2ccnn2C)cc1Br. The van der Waals surface area contributed by atoms with Crippen LogP contribution in [0, 0.1) is 6.92 Å². The Morgan fingerprint density at radius 1 is 1.29 bits per heavy atom. The average molecular weight is 437 g/mol. The second-order valence-electron chi connectivity index (χ2n) is 4.63. The lowest BCUT2D eigenvalue weighted by molar-refractivity contribution is 0.579. The molecule has 0 saturated carbocycles. The van der Waals surface area contributed by atoms with Gasteiger partial charge in [-0.15, -0.1) is 0 Å². The van der Waals surface area contributed by atoms with Gasteiger partial charge in [0, 0.05) is 40.8 Å². The molecule has 0 amide bonds. The van der Waals surface area contributed by atoms with E-state index in [0.717, 1.165) is 15.7 Å². The van der Waals surface area contributed by atoms with Crippen molar-refractivity contribution in [2.24, 2.45) is 7.05 Å². The predicted molar refractivity (Wildman–Crippen MR) is 88.7 cm³/mol. The minimum Gasteiger partial charge on any atom is -0.273 e. The lowest BCUT2D eigenvalue weighted by atomic mass is 10.2. The summed E-state index contributed by atoms with van der Waals surface area (Å²) in [5.41, 5.74) is 1.94. The monoisotopic (exact) mass is 435 g/mol. The topological polar surface area (TPSA) is 64.0 Å². The van der Waals surface area contributed by atoms with Gasteiger partial charge in [0.1, 0.15) is 0 Å². The Bertz CT molecular complexity index is 757. The zero-order valence-corrected chi connectivity index (χ0v) is 15.6. The molecule has 0 bridgehead atoms. The van der Waals surface area contributed by atoms with Crippen molar-refractivity contribution in [1.29, 1.82) is 0 Å². The summed E-state index contributed by atoms with van der Waals surface area (Å²) in [6, 6.07) is 5.25. The third-order valence-corrected chi connectivity index (χ3v) is 6.37. The van der Waals surface area contributed by atoms with Crippen LogP contribution in [0.5, 0.6) is 0 Å². The summed E-state index contributed by atoms with van der Waals surface area (Å²) in [7, 11) is -1.72. The zero-order valence-electron chi connectivity index (χ0n) is 11.6. The molecular formula is C13H15Br2N3O2S. The van der Waals surface area contributed by atoms with Gasteiger partial charge < -0.3 is 0 Å². The van der Waals surface area contributed by atoms with Gasteiger partial charge in [-0.1, -0.05) is 15.9 Å². The number of halogens is 2. The summed E-state index contributed by atoms with van der Waals surface area (Å²) < 4.78 is 30.3. The van der Waals surface area contributed by atoms with Crippen LogP contribution in [0.15, 0.2) is 38.2 Å². The highest BCUT2D eigenvalue weighted by molar-refractivity contribution is 9.11. The largest absolute Gasteiger partial charge is 0.273 e. The first-order valence-corrected chi connectivity index (χ1v) is 9.30. The molecule has 0 aliphatic carbocycles. The highest BCUT2D eigenvalue weighted by atomic mass is 79.9. The molecule has 1 aromatic carbocycles. The predicted octanol–water partition coefficient (Wildman–Crippen LogP) is 2.77. The molecule has 0 saturated heterocycles. The van der Waals surface area contributed by atoms with Crippen molar-refractivity contribution in [3.63, 3.8) is 0 Å². The standard InChI is InChI=1S/C13H15Br2N3O2S/c1-9-7-12(15)13(8-11(9)14)21(19,20)17-6-4-10-3-5-16-18(10)2/h3,5,7-8,17H,4,6H2,1-2H3. The van der Waals surface area contributed by atoms with E-state index in [2.05, 4.69) is 41.7 Å². The van der Waals surface area contributed by atoms with Gasteiger partial charge in [0.25, 0.3) is 0 Å². The molecule has 0 atom stereocenters. The Hall–Kier alpha value is -0.700. The Morgan fingerprint density at radius 2 is 2.00 bits per heavy atom. The van der Waals surface area contributed by atoms with Gasteiger partial charge in [0.05, 0.1) is 4.90 Å². The molecule has 1 aromatic heterocycles. The van der Waals surface area contributed by atoms with E-state index in [9.17, 15) is 8.42 Å². The number of rotatable bonds is 5. The van der Waals surface area contributed by atoms with E-state index in [-0.39, 0.29) is 4.90 Å². The highest BCUT2D eigenvalue weighted by Gasteiger charge is 2.18. The van der Waals surface area contributed by atoms with Crippen molar-refractivity contribution in [3.8, 4) is 0 Å². The van der Waals surface area contributed by atoms with Crippen molar-refractivity contribution in [1.82, 2.24) is 14.5 Å². The van der Waals surface area contributed by atoms with E-state index in [4.69, 9.17) is 0 Å². The quantitative estimate of drug-likeness (QED) is 0.783. The minimum absolute atomic E-state index is 0.227. The van der Waals surface area contributed by atoms with Crippen LogP contribution in [0.3, 0.4) is 0 Å². The summed E-state index contributed by atoms with van der Waals surface area (Å²) in [6.45, 7) is 2.22. The lowest BCUT2D eigenvalue weighted by Crippen LogP contribution is -2.26. The maximum absolute atomic E-state index is 12.3. The van der Waals surface area contributed by atoms with Gasteiger partial charge >= 0.3 is 0 Å². The van der Waals surface area contributed by atoms with Gasteiger partial charge in [-0.25, -0.2) is 13.1 Å². The minimum atomic E-state index is -3.55. The maximum Gasteiger partial charge on any atom is 0.241 e. The number of aromatic nitrogens is 2. The van der Waals surface area contributed by atoms with Crippen LogP contribution in [0.1, 0.15) is 11.3 Å². The van der Waals surface area contributed by atoms with E-state index in [1.54, 1.807) is 23.0 Å². The van der Waals surface area contributed by atoms with Crippen molar-refractivity contribution in [2.45, 2.75) is 18.2 Å². The lowest BCUT2D eigenvalue weighted by Gasteiger charge is -2.10. The summed E-state index contributed by atoms with van der Waals surface area (Å²) in [5.74, 6) is 0. The van der Waals surface area contributed by atoms with Crippen LogP contribution >= 0.6 is 31.9 Å². The molecule has 2 rings (SSSR count). The fourth-order valence-corrected chi connectivity index (χ4v) is 4.58. The summed E-state index contributed by atoms with van der Waals surface area (Å²) in [5, 5.41) is 4.05. The number of nitrogens with one attached hydrogen (secondary N) is 1. The highest BCUT2D eigenvalue weighted by Crippen LogP contribution is 2.28. The molecule has 0 spiro atoms. The van der Waals surface area contributed by atoms with E-state index >= 15 is 0 Å². The molecule has 114 valence electrons. The van der Waals surface area contributed by atoms with E-state index < -0.39 is 10.0 Å². The first-order chi connectivity index (χ1) is 9.81. The molecule has 0 aliphatic heterocycles. The van der Waals surface area contributed by atoms with Gasteiger partial charge in [-0.05, 0) is 46.6 Å². The van der Waals surface area contributed by atoms with Crippen LogP contribution in [0.2, 0.25) is 0 Å². The van der Waals surface area contributed by atoms with Crippen molar-refractivity contribution < 1.29 is 8.42 Å². The molecular weight excluding hydrogens is 422 g/mol.